The Hall–Kier alpha value is -0.680. The van der Waals surface area contributed by atoms with Gasteiger partial charge >= 0.3 is 0 Å². The van der Waals surface area contributed by atoms with E-state index in [1.165, 1.54) is 5.56 Å². The molecule has 2 aromatic rings. The van der Waals surface area contributed by atoms with Crippen molar-refractivity contribution in [1.82, 2.24) is 9.97 Å². The maximum Gasteiger partial charge on any atom is 0.146 e. The van der Waals surface area contributed by atoms with Crippen molar-refractivity contribution >= 4 is 34.2 Å². The number of halogens is 2. The smallest absolute Gasteiger partial charge is 0.146 e. The number of benzene rings is 1. The third-order valence-electron chi connectivity index (χ3n) is 2.73. The molecule has 0 unspecified atom stereocenters. The van der Waals surface area contributed by atoms with Gasteiger partial charge in [-0.3, -0.25) is 0 Å². The van der Waals surface area contributed by atoms with Crippen LogP contribution < -0.4 is 0 Å². The first kappa shape index (κ1) is 14.7. The lowest BCUT2D eigenvalue weighted by Crippen LogP contribution is -2.07. The summed E-state index contributed by atoms with van der Waals surface area (Å²) in [5.74, 6) is 1.36. The third-order valence-corrected chi connectivity index (χ3v) is 4.46. The quantitative estimate of drug-likeness (QED) is 0.570. The Kier molecular flexibility index (Phi) is 5.16. The number of aromatic nitrogens is 2. The highest BCUT2D eigenvalue weighted by molar-refractivity contribution is 14.1. The molecule has 2 nitrogen and oxygen atoms in total. The largest absolute Gasteiger partial charge is 0.236 e. The molecule has 4 heteroatoms. The summed E-state index contributed by atoms with van der Waals surface area (Å²) in [6, 6.07) is 10.2. The van der Waals surface area contributed by atoms with Gasteiger partial charge < -0.3 is 0 Å². The highest BCUT2D eigenvalue weighted by Gasteiger charge is 2.12. The van der Waals surface area contributed by atoms with Crippen LogP contribution in [0, 0.1) is 9.49 Å². The molecule has 0 aliphatic rings. The van der Waals surface area contributed by atoms with Gasteiger partial charge in [0.25, 0.3) is 0 Å². The summed E-state index contributed by atoms with van der Waals surface area (Å²) in [7, 11) is 0. The van der Waals surface area contributed by atoms with E-state index in [1.54, 1.807) is 0 Å². The minimum Gasteiger partial charge on any atom is -0.236 e. The van der Waals surface area contributed by atoms with Crippen LogP contribution in [0.1, 0.15) is 30.9 Å². The van der Waals surface area contributed by atoms with E-state index in [1.807, 2.05) is 18.2 Å². The normalized spacial score (nSPS) is 11.0. The second-order valence-corrected chi connectivity index (χ2v) is 6.39. The molecule has 0 radical (unpaired) electrons. The molecule has 0 atom stereocenters. The summed E-state index contributed by atoms with van der Waals surface area (Å²) in [6.07, 6.45) is 1.66. The van der Waals surface area contributed by atoms with Crippen LogP contribution in [-0.2, 0) is 12.8 Å². The Morgan fingerprint density at radius 1 is 1.16 bits per heavy atom. The van der Waals surface area contributed by atoms with E-state index >= 15 is 0 Å². The molecular formula is C15H16ClIN2. The van der Waals surface area contributed by atoms with Crippen molar-refractivity contribution in [3.63, 3.8) is 0 Å². The van der Waals surface area contributed by atoms with Gasteiger partial charge in [-0.2, -0.15) is 0 Å². The molecule has 0 spiro atoms. The molecule has 0 bridgehead atoms. The lowest BCUT2D eigenvalue weighted by molar-refractivity contribution is 0.628. The van der Waals surface area contributed by atoms with Crippen LogP contribution in [0.2, 0.25) is 5.15 Å². The van der Waals surface area contributed by atoms with Crippen LogP contribution in [0.3, 0.4) is 0 Å². The zero-order valence-electron chi connectivity index (χ0n) is 11.0. The first-order valence-corrected chi connectivity index (χ1v) is 7.76. The number of nitrogens with zero attached hydrogens (tertiary/aromatic N) is 2. The van der Waals surface area contributed by atoms with Crippen LogP contribution >= 0.6 is 34.2 Å². The Morgan fingerprint density at radius 3 is 2.47 bits per heavy atom. The molecule has 1 heterocycles. The summed E-state index contributed by atoms with van der Waals surface area (Å²) in [5.41, 5.74) is 2.26. The van der Waals surface area contributed by atoms with Crippen LogP contribution in [0.4, 0.5) is 0 Å². The first-order valence-electron chi connectivity index (χ1n) is 6.31. The van der Waals surface area contributed by atoms with Gasteiger partial charge in [-0.25, -0.2) is 9.97 Å². The molecule has 0 N–H and O–H groups in total. The van der Waals surface area contributed by atoms with Crippen molar-refractivity contribution in [3.8, 4) is 0 Å². The predicted molar refractivity (Wildman–Crippen MR) is 87.5 cm³/mol. The van der Waals surface area contributed by atoms with E-state index in [4.69, 9.17) is 11.6 Å². The van der Waals surface area contributed by atoms with Crippen molar-refractivity contribution in [1.29, 1.82) is 0 Å². The van der Waals surface area contributed by atoms with E-state index in [9.17, 15) is 0 Å². The lowest BCUT2D eigenvalue weighted by Gasteiger charge is -2.10. The number of hydrogen-bond acceptors (Lipinski definition) is 2. The molecule has 0 aliphatic heterocycles. The monoisotopic (exact) mass is 386 g/mol. The lowest BCUT2D eigenvalue weighted by atomic mass is 10.1. The molecule has 2 rings (SSSR count). The van der Waals surface area contributed by atoms with Crippen LogP contribution in [-0.4, -0.2) is 9.97 Å². The molecule has 0 saturated carbocycles. The summed E-state index contributed by atoms with van der Waals surface area (Å²) in [6.45, 7) is 4.37. The molecule has 19 heavy (non-hydrogen) atoms. The standard InChI is InChI=1S/C15H16ClIN2/c1-10(2)8-12-14(17)15(16)19-13(18-12)9-11-6-4-3-5-7-11/h3-7,10H,8-9H2,1-2H3. The fourth-order valence-electron chi connectivity index (χ4n) is 1.89. The van der Waals surface area contributed by atoms with Gasteiger partial charge in [0, 0.05) is 6.42 Å². The highest BCUT2D eigenvalue weighted by Crippen LogP contribution is 2.22. The average Bonchev–Trinajstić information content (AvgIpc) is 2.36. The average molecular weight is 387 g/mol. The summed E-state index contributed by atoms with van der Waals surface area (Å²) >= 11 is 8.44. The van der Waals surface area contributed by atoms with Gasteiger partial charge in [0.1, 0.15) is 11.0 Å². The molecule has 0 saturated heterocycles. The van der Waals surface area contributed by atoms with Crippen LogP contribution in [0.25, 0.3) is 0 Å². The Labute approximate surface area is 132 Å². The number of rotatable bonds is 4. The van der Waals surface area contributed by atoms with Crippen LogP contribution in [0.15, 0.2) is 30.3 Å². The van der Waals surface area contributed by atoms with Gasteiger partial charge in [0.15, 0.2) is 0 Å². The molecule has 0 fully saturated rings. The zero-order chi connectivity index (χ0) is 13.8. The van der Waals surface area contributed by atoms with Gasteiger partial charge in [-0.15, -0.1) is 0 Å². The SMILES string of the molecule is CC(C)Cc1nc(Cc2ccccc2)nc(Cl)c1I. The summed E-state index contributed by atoms with van der Waals surface area (Å²) < 4.78 is 0.977. The maximum atomic E-state index is 6.21. The van der Waals surface area contributed by atoms with Crippen molar-refractivity contribution in [3.05, 3.63) is 56.1 Å². The van der Waals surface area contributed by atoms with Gasteiger partial charge in [0.05, 0.1) is 9.26 Å². The van der Waals surface area contributed by atoms with Crippen molar-refractivity contribution in [2.24, 2.45) is 5.92 Å². The molecule has 100 valence electrons. The fourth-order valence-corrected chi connectivity index (χ4v) is 2.56. The van der Waals surface area contributed by atoms with Gasteiger partial charge in [-0.05, 0) is 40.5 Å². The minimum atomic E-state index is 0.559. The molecular weight excluding hydrogens is 371 g/mol. The van der Waals surface area contributed by atoms with E-state index in [0.717, 1.165) is 27.9 Å². The topological polar surface area (TPSA) is 25.8 Å². The third kappa shape index (κ3) is 4.14. The maximum absolute atomic E-state index is 6.21. The first-order chi connectivity index (χ1) is 9.06. The van der Waals surface area contributed by atoms with Crippen molar-refractivity contribution < 1.29 is 0 Å². The fraction of sp³-hybridized carbons (Fsp3) is 0.333. The Morgan fingerprint density at radius 2 is 1.84 bits per heavy atom. The highest BCUT2D eigenvalue weighted by atomic mass is 127. The number of hydrogen-bond donors (Lipinski definition) is 0. The zero-order valence-corrected chi connectivity index (χ0v) is 13.9. The van der Waals surface area contributed by atoms with Crippen LogP contribution in [0.5, 0.6) is 0 Å². The molecule has 1 aromatic heterocycles. The summed E-state index contributed by atoms with van der Waals surface area (Å²) in [4.78, 5) is 9.05. The second kappa shape index (κ2) is 6.66. The predicted octanol–water partition coefficient (Wildman–Crippen LogP) is 4.52. The molecule has 0 amide bonds. The molecule has 1 aromatic carbocycles. The van der Waals surface area contributed by atoms with E-state index in [2.05, 4.69) is 58.5 Å². The van der Waals surface area contributed by atoms with E-state index < -0.39 is 0 Å². The van der Waals surface area contributed by atoms with Crippen molar-refractivity contribution in [2.45, 2.75) is 26.7 Å². The molecule has 0 aliphatic carbocycles. The van der Waals surface area contributed by atoms with E-state index in [-0.39, 0.29) is 0 Å². The van der Waals surface area contributed by atoms with Crippen molar-refractivity contribution in [2.75, 3.05) is 0 Å². The van der Waals surface area contributed by atoms with Gasteiger partial charge in [0.2, 0.25) is 0 Å². The Bertz CT molecular complexity index is 556. The minimum absolute atomic E-state index is 0.559. The second-order valence-electron chi connectivity index (χ2n) is 4.95. The Balaban J connectivity index is 2.29. The van der Waals surface area contributed by atoms with E-state index in [0.29, 0.717) is 11.1 Å². The summed E-state index contributed by atoms with van der Waals surface area (Å²) in [5, 5.41) is 0.567. The van der Waals surface area contributed by atoms with Gasteiger partial charge in [-0.1, -0.05) is 55.8 Å².